The minimum Gasteiger partial charge on any atom is -0.497 e. The Kier molecular flexibility index (Phi) is 14.1. The third-order valence-corrected chi connectivity index (χ3v) is 10.6. The van der Waals surface area contributed by atoms with Gasteiger partial charge in [0, 0.05) is 31.6 Å². The fourth-order valence-corrected chi connectivity index (χ4v) is 7.50. The van der Waals surface area contributed by atoms with Crippen LogP contribution in [-0.2, 0) is 35.8 Å². The monoisotopic (exact) mass is 846 g/mol. The van der Waals surface area contributed by atoms with E-state index in [0.717, 1.165) is 22.3 Å². The number of hydrogen-bond donors (Lipinski definition) is 3. The van der Waals surface area contributed by atoms with E-state index >= 15 is 0 Å². The number of non-ortho nitro benzene ring substituents is 1. The standard InChI is InChI=1S/C45H46N6O11/c1-58-35-22-18-33(19-23-35)45(31-11-5-2-6-12-31,32-13-7-3-8-14-32)61-27-36-40(59-25-10-4-9-15-37(52)53)39(54)43(62-36)50-29-48-38-41(46-28-47-42(38)50)49-44(55)60-26-24-30-16-20-34(21-17-30)51(56)57/h2-3,5-8,11-14,16-23,28-29,36,39-40,43,54H,4,9-10,15,24-27H2,1H3,(H,52,53)(H,46,47,49,55)/t36-,39-,40-,43-/m1/s1. The van der Waals surface area contributed by atoms with Crippen molar-refractivity contribution in [3.05, 3.63) is 154 Å². The van der Waals surface area contributed by atoms with Crippen LogP contribution < -0.4 is 10.1 Å². The van der Waals surface area contributed by atoms with E-state index in [4.69, 9.17) is 28.8 Å². The summed E-state index contributed by atoms with van der Waals surface area (Å²) in [4.78, 5) is 47.5. The number of carbonyl (C=O) groups excluding carboxylic acids is 1. The van der Waals surface area contributed by atoms with Gasteiger partial charge in [0.2, 0.25) is 0 Å². The fraction of sp³-hybridized carbons (Fsp3) is 0.311. The van der Waals surface area contributed by atoms with Crippen LogP contribution in [0.5, 0.6) is 5.75 Å². The van der Waals surface area contributed by atoms with E-state index in [1.807, 2.05) is 84.9 Å². The number of hydrogen-bond acceptors (Lipinski definition) is 13. The normalized spacial score (nSPS) is 17.5. The van der Waals surface area contributed by atoms with E-state index in [0.29, 0.717) is 31.4 Å². The van der Waals surface area contributed by atoms with Gasteiger partial charge in [-0.05, 0) is 47.2 Å². The zero-order chi connectivity index (χ0) is 43.5. The number of nitrogens with zero attached hydrogens (tertiary/aromatic N) is 5. The number of nitro groups is 1. The Hall–Kier alpha value is -6.79. The van der Waals surface area contributed by atoms with Crippen molar-refractivity contribution >= 4 is 34.7 Å². The molecule has 1 aliphatic rings. The van der Waals surface area contributed by atoms with Gasteiger partial charge in [0.1, 0.15) is 36.0 Å². The van der Waals surface area contributed by atoms with E-state index in [-0.39, 0.29) is 48.9 Å². The summed E-state index contributed by atoms with van der Waals surface area (Å²) < 4.78 is 32.5. The summed E-state index contributed by atoms with van der Waals surface area (Å²) in [6, 6.07) is 33.2. The molecule has 0 unspecified atom stereocenters. The van der Waals surface area contributed by atoms with E-state index in [1.54, 1.807) is 23.8 Å². The van der Waals surface area contributed by atoms with Gasteiger partial charge >= 0.3 is 12.1 Å². The summed E-state index contributed by atoms with van der Waals surface area (Å²) >= 11 is 0. The Morgan fingerprint density at radius 1 is 0.871 bits per heavy atom. The molecule has 1 aliphatic heterocycles. The molecule has 3 N–H and O–H groups in total. The first-order valence-corrected chi connectivity index (χ1v) is 20.1. The van der Waals surface area contributed by atoms with E-state index in [2.05, 4.69) is 20.3 Å². The number of rotatable bonds is 20. The van der Waals surface area contributed by atoms with E-state index < -0.39 is 47.1 Å². The molecule has 1 saturated heterocycles. The summed E-state index contributed by atoms with van der Waals surface area (Å²) in [6.07, 6.45) is -0.153. The van der Waals surface area contributed by atoms with Crippen molar-refractivity contribution < 1.29 is 48.4 Å². The van der Waals surface area contributed by atoms with Gasteiger partial charge in [-0.1, -0.05) is 91.3 Å². The predicted octanol–water partition coefficient (Wildman–Crippen LogP) is 6.83. The Balaban J connectivity index is 1.13. The van der Waals surface area contributed by atoms with Crippen molar-refractivity contribution in [2.75, 3.05) is 32.2 Å². The topological polar surface area (TPSA) is 220 Å². The van der Waals surface area contributed by atoms with Crippen LogP contribution in [0.25, 0.3) is 11.2 Å². The Bertz CT molecular complexity index is 2380. The molecule has 0 bridgehead atoms. The summed E-state index contributed by atoms with van der Waals surface area (Å²) in [7, 11) is 1.61. The smallest absolute Gasteiger partial charge is 0.412 e. The molecule has 0 saturated carbocycles. The van der Waals surface area contributed by atoms with Crippen LogP contribution in [0.15, 0.2) is 122 Å². The number of carboxylic acid groups (broad SMARTS) is 1. The number of ether oxygens (including phenoxy) is 5. The summed E-state index contributed by atoms with van der Waals surface area (Å²) in [6.45, 7) is 0.169. The molecule has 0 aliphatic carbocycles. The highest BCUT2D eigenvalue weighted by Crippen LogP contribution is 2.43. The van der Waals surface area contributed by atoms with Crippen molar-refractivity contribution in [1.29, 1.82) is 0 Å². The molecular formula is C45H46N6O11. The SMILES string of the molecule is COc1ccc(C(OC[C@H]2O[C@@H](n3cnc4c(NC(=O)OCCc5ccc([N+](=O)[O-])cc5)ncnc43)[C@H](O)[C@@H]2OCCCCCC(=O)O)(c2ccccc2)c2ccccc2)cc1. The molecule has 322 valence electrons. The lowest BCUT2D eigenvalue weighted by atomic mass is 9.80. The summed E-state index contributed by atoms with van der Waals surface area (Å²) in [5.74, 6) is -0.128. The molecule has 7 rings (SSSR count). The zero-order valence-corrected chi connectivity index (χ0v) is 33.8. The molecule has 6 aromatic rings. The second-order valence-corrected chi connectivity index (χ2v) is 14.5. The second kappa shape index (κ2) is 20.2. The summed E-state index contributed by atoms with van der Waals surface area (Å²) in [5.41, 5.74) is 2.55. The number of aliphatic hydroxyl groups excluding tert-OH is 1. The highest BCUT2D eigenvalue weighted by molar-refractivity contribution is 5.93. The van der Waals surface area contributed by atoms with Gasteiger partial charge in [0.05, 0.1) is 31.6 Å². The molecule has 3 heterocycles. The van der Waals surface area contributed by atoms with Crippen molar-refractivity contribution in [2.24, 2.45) is 0 Å². The number of anilines is 1. The van der Waals surface area contributed by atoms with Crippen LogP contribution in [0.1, 0.15) is 54.2 Å². The van der Waals surface area contributed by atoms with Crippen LogP contribution in [0.3, 0.4) is 0 Å². The first-order valence-electron chi connectivity index (χ1n) is 20.1. The molecule has 62 heavy (non-hydrogen) atoms. The predicted molar refractivity (Wildman–Crippen MR) is 225 cm³/mol. The number of unbranched alkanes of at least 4 members (excludes halogenated alkanes) is 2. The molecule has 4 aromatic carbocycles. The van der Waals surface area contributed by atoms with E-state index in [1.165, 1.54) is 24.8 Å². The largest absolute Gasteiger partial charge is 0.497 e. The number of carboxylic acids is 1. The first kappa shape index (κ1) is 43.3. The number of methoxy groups -OCH3 is 1. The number of carbonyl (C=O) groups is 2. The quantitative estimate of drug-likeness (QED) is 0.0310. The maximum atomic E-state index is 12.8. The zero-order valence-electron chi connectivity index (χ0n) is 33.8. The number of aliphatic hydroxyl groups is 1. The van der Waals surface area contributed by atoms with Gasteiger partial charge in [-0.25, -0.2) is 19.7 Å². The van der Waals surface area contributed by atoms with E-state index in [9.17, 15) is 24.8 Å². The number of aliphatic carboxylic acids is 1. The average Bonchev–Trinajstić information content (AvgIpc) is 3.86. The molecule has 4 atom stereocenters. The number of benzene rings is 4. The van der Waals surface area contributed by atoms with Gasteiger partial charge in [-0.3, -0.25) is 24.8 Å². The number of fused-ring (bicyclic) bond motifs is 1. The minimum atomic E-state index is -1.25. The third-order valence-electron chi connectivity index (χ3n) is 10.6. The summed E-state index contributed by atoms with van der Waals surface area (Å²) in [5, 5.41) is 34.7. The molecule has 0 spiro atoms. The molecule has 0 radical (unpaired) electrons. The van der Waals surface area contributed by atoms with Gasteiger partial charge in [-0.2, -0.15) is 0 Å². The number of imidazole rings is 1. The van der Waals surface area contributed by atoms with Crippen LogP contribution in [0.4, 0.5) is 16.3 Å². The molecule has 1 amide bonds. The Labute approximate surface area is 356 Å². The number of nitro benzene ring substituents is 1. The third kappa shape index (κ3) is 9.87. The lowest BCUT2D eigenvalue weighted by Gasteiger charge is -2.37. The van der Waals surface area contributed by atoms with Gasteiger partial charge < -0.3 is 33.9 Å². The van der Waals surface area contributed by atoms with Gasteiger partial charge in [-0.15, -0.1) is 0 Å². The van der Waals surface area contributed by atoms with Crippen LogP contribution in [0, 0.1) is 10.1 Å². The molecule has 17 nitrogen and oxygen atoms in total. The second-order valence-electron chi connectivity index (χ2n) is 14.5. The lowest BCUT2D eigenvalue weighted by Crippen LogP contribution is -2.41. The molecular weight excluding hydrogens is 801 g/mol. The fourth-order valence-electron chi connectivity index (χ4n) is 7.50. The number of amides is 1. The highest BCUT2D eigenvalue weighted by atomic mass is 16.6. The Morgan fingerprint density at radius 3 is 2.19 bits per heavy atom. The minimum absolute atomic E-state index is 0.00683. The molecule has 1 fully saturated rings. The number of aromatic nitrogens is 4. The maximum absolute atomic E-state index is 12.8. The lowest BCUT2D eigenvalue weighted by molar-refractivity contribution is -0.384. The van der Waals surface area contributed by atoms with Crippen molar-refractivity contribution in [3.63, 3.8) is 0 Å². The highest BCUT2D eigenvalue weighted by Gasteiger charge is 2.48. The molecule has 17 heteroatoms. The van der Waals surface area contributed by atoms with Gasteiger partial charge in [0.15, 0.2) is 23.2 Å². The Morgan fingerprint density at radius 2 is 1.55 bits per heavy atom. The van der Waals surface area contributed by atoms with Gasteiger partial charge in [0.25, 0.3) is 5.69 Å². The van der Waals surface area contributed by atoms with Crippen LogP contribution in [-0.4, -0.2) is 92.0 Å². The number of nitrogens with one attached hydrogen (secondary N) is 1. The first-order chi connectivity index (χ1) is 30.2. The van der Waals surface area contributed by atoms with Crippen LogP contribution in [0.2, 0.25) is 0 Å². The van der Waals surface area contributed by atoms with Crippen molar-refractivity contribution in [2.45, 2.75) is 62.2 Å². The van der Waals surface area contributed by atoms with Crippen molar-refractivity contribution in [3.8, 4) is 5.75 Å². The maximum Gasteiger partial charge on any atom is 0.412 e. The average molecular weight is 847 g/mol. The van der Waals surface area contributed by atoms with Crippen molar-refractivity contribution in [1.82, 2.24) is 19.5 Å². The van der Waals surface area contributed by atoms with Crippen LogP contribution >= 0.6 is 0 Å². The molecule has 2 aromatic heterocycles.